The first kappa shape index (κ1) is 24.1. The first-order valence-corrected chi connectivity index (χ1v) is 9.03. The molecule has 0 bridgehead atoms. The number of hydrogen-bond donors (Lipinski definition) is 2. The molecule has 1 unspecified atom stereocenters. The summed E-state index contributed by atoms with van der Waals surface area (Å²) in [7, 11) is 4.25. The summed E-state index contributed by atoms with van der Waals surface area (Å²) in [6.45, 7) is 12.0. The van der Waals surface area contributed by atoms with Gasteiger partial charge in [-0.25, -0.2) is 0 Å². The summed E-state index contributed by atoms with van der Waals surface area (Å²) in [5.74, 6) is 2.56. The van der Waals surface area contributed by atoms with Gasteiger partial charge < -0.3 is 20.1 Å². The maximum Gasteiger partial charge on any atom is 0.191 e. The lowest BCUT2D eigenvalue weighted by molar-refractivity contribution is 0.261. The van der Waals surface area contributed by atoms with E-state index in [4.69, 9.17) is 4.99 Å². The van der Waals surface area contributed by atoms with Gasteiger partial charge in [-0.05, 0) is 33.4 Å². The zero-order valence-corrected chi connectivity index (χ0v) is 18.9. The second kappa shape index (κ2) is 13.3. The van der Waals surface area contributed by atoms with Gasteiger partial charge in [0.15, 0.2) is 5.96 Å². The molecule has 0 aliphatic carbocycles. The molecule has 0 fully saturated rings. The van der Waals surface area contributed by atoms with E-state index in [1.807, 2.05) is 0 Å². The highest BCUT2D eigenvalue weighted by Gasteiger charge is 2.13. The molecule has 0 aliphatic heterocycles. The first-order chi connectivity index (χ1) is 11.5. The van der Waals surface area contributed by atoms with Gasteiger partial charge in [-0.3, -0.25) is 4.99 Å². The highest BCUT2D eigenvalue weighted by Crippen LogP contribution is 2.09. The summed E-state index contributed by atoms with van der Waals surface area (Å²) in [6, 6.07) is 0.463. The number of aryl methyl sites for hydroxylation is 1. The molecule has 1 atom stereocenters. The number of nitrogens with one attached hydrogen (secondary N) is 2. The summed E-state index contributed by atoms with van der Waals surface area (Å²) in [5.41, 5.74) is 0. The molecular weight excluding hydrogens is 429 g/mol. The van der Waals surface area contributed by atoms with Crippen molar-refractivity contribution in [2.75, 3.05) is 33.7 Å². The molecule has 0 radical (unpaired) electrons. The molecule has 2 N–H and O–H groups in total. The van der Waals surface area contributed by atoms with Gasteiger partial charge in [0.25, 0.3) is 0 Å². The van der Waals surface area contributed by atoms with Crippen LogP contribution in [0.25, 0.3) is 0 Å². The molecule has 1 aromatic rings. The molecule has 1 rings (SSSR count). The lowest BCUT2D eigenvalue weighted by Gasteiger charge is -2.24. The predicted octanol–water partition coefficient (Wildman–Crippen LogP) is 1.99. The number of likely N-dealkylation sites (N-methyl/N-ethyl adjacent to an activating group) is 1. The summed E-state index contributed by atoms with van der Waals surface area (Å²) >= 11 is 0. The number of guanidine groups is 1. The standard InChI is InChI=1S/C17H35N7.HI/c1-7-16-22-21-13-24(16)10-9-19-17(18-8-2)20-12-15(23(5)6)11-14(3)4;/h13-15H,7-12H2,1-6H3,(H2,18,19,20);1H. The minimum atomic E-state index is 0. The third-order valence-electron chi connectivity index (χ3n) is 3.94. The average Bonchev–Trinajstić information content (AvgIpc) is 2.98. The topological polar surface area (TPSA) is 70.4 Å². The van der Waals surface area contributed by atoms with E-state index < -0.39 is 0 Å². The highest BCUT2D eigenvalue weighted by molar-refractivity contribution is 14.0. The Balaban J connectivity index is 0.00000576. The van der Waals surface area contributed by atoms with Crippen molar-refractivity contribution in [1.29, 1.82) is 0 Å². The van der Waals surface area contributed by atoms with E-state index in [-0.39, 0.29) is 24.0 Å². The molecular formula is C17H36IN7. The van der Waals surface area contributed by atoms with E-state index in [1.165, 1.54) is 0 Å². The normalized spacial score (nSPS) is 13.0. The third kappa shape index (κ3) is 9.39. The average molecular weight is 465 g/mol. The highest BCUT2D eigenvalue weighted by atomic mass is 127. The second-order valence-electron chi connectivity index (χ2n) is 6.69. The minimum Gasteiger partial charge on any atom is -0.357 e. The Hall–Kier alpha value is -0.900. The first-order valence-electron chi connectivity index (χ1n) is 9.03. The van der Waals surface area contributed by atoms with Crippen molar-refractivity contribution in [3.8, 4) is 0 Å². The second-order valence-corrected chi connectivity index (χ2v) is 6.69. The zero-order valence-electron chi connectivity index (χ0n) is 16.6. The van der Waals surface area contributed by atoms with Gasteiger partial charge in [-0.1, -0.05) is 20.8 Å². The van der Waals surface area contributed by atoms with Crippen LogP contribution in [0.1, 0.15) is 39.9 Å². The molecule has 0 saturated carbocycles. The van der Waals surface area contributed by atoms with E-state index in [0.29, 0.717) is 12.0 Å². The van der Waals surface area contributed by atoms with Gasteiger partial charge in [0, 0.05) is 32.1 Å². The Morgan fingerprint density at radius 2 is 2.00 bits per heavy atom. The maximum atomic E-state index is 4.76. The van der Waals surface area contributed by atoms with Crippen molar-refractivity contribution < 1.29 is 0 Å². The molecule has 0 spiro atoms. The smallest absolute Gasteiger partial charge is 0.191 e. The Kier molecular flexibility index (Phi) is 12.8. The number of hydrogen-bond acceptors (Lipinski definition) is 4. The summed E-state index contributed by atoms with van der Waals surface area (Å²) < 4.78 is 2.08. The van der Waals surface area contributed by atoms with Crippen molar-refractivity contribution in [2.45, 2.75) is 53.1 Å². The Bertz CT molecular complexity index is 485. The van der Waals surface area contributed by atoms with Gasteiger partial charge in [0.2, 0.25) is 0 Å². The maximum absolute atomic E-state index is 4.76. The van der Waals surface area contributed by atoms with Crippen LogP contribution in [0, 0.1) is 5.92 Å². The van der Waals surface area contributed by atoms with Crippen LogP contribution in [0.3, 0.4) is 0 Å². The van der Waals surface area contributed by atoms with E-state index in [2.05, 4.69) is 72.1 Å². The quantitative estimate of drug-likeness (QED) is 0.314. The van der Waals surface area contributed by atoms with Gasteiger partial charge in [-0.2, -0.15) is 0 Å². The molecule has 1 heterocycles. The van der Waals surface area contributed by atoms with Gasteiger partial charge in [0.1, 0.15) is 12.2 Å². The molecule has 0 amide bonds. The van der Waals surface area contributed by atoms with Crippen LogP contribution < -0.4 is 10.6 Å². The number of rotatable bonds is 10. The Morgan fingerprint density at radius 1 is 1.28 bits per heavy atom. The Morgan fingerprint density at radius 3 is 2.56 bits per heavy atom. The Labute approximate surface area is 170 Å². The van der Waals surface area contributed by atoms with Crippen molar-refractivity contribution in [3.63, 3.8) is 0 Å². The summed E-state index contributed by atoms with van der Waals surface area (Å²) in [5, 5.41) is 14.8. The monoisotopic (exact) mass is 465 g/mol. The van der Waals surface area contributed by atoms with E-state index >= 15 is 0 Å². The molecule has 146 valence electrons. The van der Waals surface area contributed by atoms with Crippen LogP contribution in [-0.4, -0.2) is 65.4 Å². The summed E-state index contributed by atoms with van der Waals surface area (Å²) in [6.07, 6.45) is 3.83. The molecule has 7 nitrogen and oxygen atoms in total. The number of aliphatic imine (C=N–C) groups is 1. The molecule has 25 heavy (non-hydrogen) atoms. The predicted molar refractivity (Wildman–Crippen MR) is 116 cm³/mol. The number of nitrogens with zero attached hydrogens (tertiary/aromatic N) is 5. The van der Waals surface area contributed by atoms with Crippen molar-refractivity contribution in [1.82, 2.24) is 30.3 Å². The third-order valence-corrected chi connectivity index (χ3v) is 3.94. The van der Waals surface area contributed by atoms with Gasteiger partial charge >= 0.3 is 0 Å². The van der Waals surface area contributed by atoms with Gasteiger partial charge in [0.05, 0.1) is 6.54 Å². The van der Waals surface area contributed by atoms with E-state index in [0.717, 1.165) is 50.8 Å². The van der Waals surface area contributed by atoms with Crippen LogP contribution in [0.2, 0.25) is 0 Å². The molecule has 0 aliphatic rings. The lowest BCUT2D eigenvalue weighted by Crippen LogP contribution is -2.40. The van der Waals surface area contributed by atoms with Gasteiger partial charge in [-0.15, -0.1) is 34.2 Å². The van der Waals surface area contributed by atoms with Crippen LogP contribution in [0.4, 0.5) is 0 Å². The lowest BCUT2D eigenvalue weighted by atomic mass is 10.0. The number of halogens is 1. The molecule has 0 saturated heterocycles. The van der Waals surface area contributed by atoms with Crippen molar-refractivity contribution in [2.24, 2.45) is 10.9 Å². The van der Waals surface area contributed by atoms with Crippen LogP contribution >= 0.6 is 24.0 Å². The molecule has 0 aromatic carbocycles. The van der Waals surface area contributed by atoms with Crippen molar-refractivity contribution in [3.05, 3.63) is 12.2 Å². The summed E-state index contributed by atoms with van der Waals surface area (Å²) in [4.78, 5) is 7.02. The number of aromatic nitrogens is 3. The zero-order chi connectivity index (χ0) is 17.9. The van der Waals surface area contributed by atoms with Crippen molar-refractivity contribution >= 4 is 29.9 Å². The van der Waals surface area contributed by atoms with Crippen LogP contribution in [0.15, 0.2) is 11.3 Å². The van der Waals surface area contributed by atoms with E-state index in [1.54, 1.807) is 6.33 Å². The fraction of sp³-hybridized carbons (Fsp3) is 0.824. The van der Waals surface area contributed by atoms with Crippen LogP contribution in [-0.2, 0) is 13.0 Å². The molecule has 8 heteroatoms. The van der Waals surface area contributed by atoms with E-state index in [9.17, 15) is 0 Å². The minimum absolute atomic E-state index is 0. The fourth-order valence-corrected chi connectivity index (χ4v) is 2.57. The SMILES string of the molecule is CCNC(=NCC(CC(C)C)N(C)C)NCCn1cnnc1CC.I. The van der Waals surface area contributed by atoms with Crippen LogP contribution in [0.5, 0.6) is 0 Å². The largest absolute Gasteiger partial charge is 0.357 e. The fourth-order valence-electron chi connectivity index (χ4n) is 2.57. The molecule has 1 aromatic heterocycles.